The van der Waals surface area contributed by atoms with E-state index in [2.05, 4.69) is 26.1 Å². The smallest absolute Gasteiger partial charge is 0.258 e. The fourth-order valence-corrected chi connectivity index (χ4v) is 4.27. The van der Waals surface area contributed by atoms with Crippen molar-refractivity contribution in [1.29, 1.82) is 0 Å². The molecule has 4 rings (SSSR count). The number of benzene rings is 3. The molecule has 1 amide bonds. The number of ether oxygens (including phenoxy) is 2. The molecule has 1 unspecified atom stereocenters. The van der Waals surface area contributed by atoms with E-state index in [1.54, 1.807) is 0 Å². The van der Waals surface area contributed by atoms with Crippen molar-refractivity contribution in [2.45, 2.75) is 6.04 Å². The van der Waals surface area contributed by atoms with E-state index in [1.807, 2.05) is 66.7 Å². The second kappa shape index (κ2) is 10.1. The van der Waals surface area contributed by atoms with E-state index in [0.717, 1.165) is 53.7 Å². The van der Waals surface area contributed by atoms with Crippen molar-refractivity contribution in [2.75, 3.05) is 39.5 Å². The molecule has 0 aromatic heterocycles. The van der Waals surface area contributed by atoms with E-state index < -0.39 is 0 Å². The fourth-order valence-electron chi connectivity index (χ4n) is 3.67. The number of carbonyl (C=O) groups is 1. The van der Waals surface area contributed by atoms with Gasteiger partial charge in [0.15, 0.2) is 6.61 Å². The lowest BCUT2D eigenvalue weighted by atomic mass is 10.1. The Bertz CT molecular complexity index is 990. The van der Waals surface area contributed by atoms with Crippen LogP contribution in [0.5, 0.6) is 5.75 Å². The van der Waals surface area contributed by atoms with E-state index in [1.165, 1.54) is 0 Å². The fraction of sp³-hybridized carbons (Fsp3) is 0.292. The summed E-state index contributed by atoms with van der Waals surface area (Å²) in [6.07, 6.45) is 0. The molecule has 5 nitrogen and oxygen atoms in total. The van der Waals surface area contributed by atoms with Crippen LogP contribution in [0.25, 0.3) is 10.8 Å². The van der Waals surface area contributed by atoms with Crippen LogP contribution in [0.4, 0.5) is 0 Å². The Hall–Kier alpha value is -2.41. The molecule has 1 aliphatic rings. The first-order valence-corrected chi connectivity index (χ1v) is 10.9. The van der Waals surface area contributed by atoms with Crippen molar-refractivity contribution in [1.82, 2.24) is 10.2 Å². The molecule has 30 heavy (non-hydrogen) atoms. The Labute approximate surface area is 185 Å². The Kier molecular flexibility index (Phi) is 7.00. The highest BCUT2D eigenvalue weighted by Gasteiger charge is 2.20. The Morgan fingerprint density at radius 2 is 1.77 bits per heavy atom. The lowest BCUT2D eigenvalue weighted by Crippen LogP contribution is -2.44. The largest absolute Gasteiger partial charge is 0.483 e. The number of halogens is 1. The lowest BCUT2D eigenvalue weighted by molar-refractivity contribution is -0.124. The van der Waals surface area contributed by atoms with Crippen LogP contribution in [-0.4, -0.2) is 50.3 Å². The average molecular weight is 469 g/mol. The molecule has 0 saturated carbocycles. The predicted octanol–water partition coefficient (Wildman–Crippen LogP) is 4.17. The van der Waals surface area contributed by atoms with Gasteiger partial charge in [-0.15, -0.1) is 0 Å². The summed E-state index contributed by atoms with van der Waals surface area (Å²) in [6.45, 7) is 3.92. The molecule has 1 aliphatic heterocycles. The van der Waals surface area contributed by atoms with Crippen molar-refractivity contribution in [3.05, 3.63) is 76.8 Å². The maximum atomic E-state index is 12.7. The third-order valence-corrected chi connectivity index (χ3v) is 6.09. The van der Waals surface area contributed by atoms with Crippen LogP contribution >= 0.6 is 15.9 Å². The normalized spacial score (nSPS) is 15.6. The number of hydrogen-bond donors (Lipinski definition) is 1. The standard InChI is InChI=1S/C24H25BrN2O3/c25-24-20-9-5-4-6-18(20)10-11-22(24)30-17-23(28)26-21(19-7-2-1-3-8-19)16-27-12-14-29-15-13-27/h1-11,21H,12-17H2,(H,26,28). The zero-order chi connectivity index (χ0) is 20.8. The molecule has 0 radical (unpaired) electrons. The number of fused-ring (bicyclic) bond motifs is 1. The van der Waals surface area contributed by atoms with Gasteiger partial charge in [-0.3, -0.25) is 9.69 Å². The van der Waals surface area contributed by atoms with E-state index in [4.69, 9.17) is 9.47 Å². The molecule has 1 fully saturated rings. The van der Waals surface area contributed by atoms with Gasteiger partial charge in [-0.05, 0) is 38.3 Å². The van der Waals surface area contributed by atoms with Crippen LogP contribution in [0.2, 0.25) is 0 Å². The minimum atomic E-state index is -0.142. The first kappa shape index (κ1) is 20.8. The van der Waals surface area contributed by atoms with Gasteiger partial charge in [0.1, 0.15) is 5.75 Å². The molecule has 0 spiro atoms. The van der Waals surface area contributed by atoms with Gasteiger partial charge in [-0.2, -0.15) is 0 Å². The third kappa shape index (κ3) is 5.19. The Morgan fingerprint density at radius 1 is 1.03 bits per heavy atom. The molecule has 1 atom stereocenters. The molecule has 156 valence electrons. The summed E-state index contributed by atoms with van der Waals surface area (Å²) < 4.78 is 12.1. The van der Waals surface area contributed by atoms with Gasteiger partial charge in [0, 0.05) is 19.6 Å². The number of amides is 1. The topological polar surface area (TPSA) is 50.8 Å². The predicted molar refractivity (Wildman–Crippen MR) is 122 cm³/mol. The van der Waals surface area contributed by atoms with Gasteiger partial charge in [0.25, 0.3) is 5.91 Å². The number of rotatable bonds is 7. The highest BCUT2D eigenvalue weighted by atomic mass is 79.9. The first-order valence-electron chi connectivity index (χ1n) is 10.1. The summed E-state index contributed by atoms with van der Waals surface area (Å²) in [5.74, 6) is 0.519. The summed E-state index contributed by atoms with van der Waals surface area (Å²) in [4.78, 5) is 15.0. The second-order valence-corrected chi connectivity index (χ2v) is 8.12. The summed E-state index contributed by atoms with van der Waals surface area (Å²) in [5, 5.41) is 5.33. The SMILES string of the molecule is O=C(COc1ccc2ccccc2c1Br)NC(CN1CCOCC1)c1ccccc1. The van der Waals surface area contributed by atoms with Crippen molar-refractivity contribution in [3.63, 3.8) is 0 Å². The Balaban J connectivity index is 1.41. The highest BCUT2D eigenvalue weighted by molar-refractivity contribution is 9.10. The van der Waals surface area contributed by atoms with Crippen molar-refractivity contribution >= 4 is 32.6 Å². The van der Waals surface area contributed by atoms with Crippen LogP contribution in [0.15, 0.2) is 71.2 Å². The number of nitrogens with one attached hydrogen (secondary N) is 1. The summed E-state index contributed by atoms with van der Waals surface area (Å²) in [5.41, 5.74) is 1.09. The van der Waals surface area contributed by atoms with E-state index in [-0.39, 0.29) is 18.6 Å². The number of hydrogen-bond acceptors (Lipinski definition) is 4. The Morgan fingerprint density at radius 3 is 2.57 bits per heavy atom. The first-order chi connectivity index (χ1) is 14.7. The van der Waals surface area contributed by atoms with Crippen LogP contribution in [0.3, 0.4) is 0 Å². The van der Waals surface area contributed by atoms with E-state index >= 15 is 0 Å². The van der Waals surface area contributed by atoms with Gasteiger partial charge in [0.05, 0.1) is 23.7 Å². The van der Waals surface area contributed by atoms with Crippen molar-refractivity contribution in [2.24, 2.45) is 0 Å². The minimum Gasteiger partial charge on any atom is -0.483 e. The molecule has 1 N–H and O–H groups in total. The van der Waals surface area contributed by atoms with Gasteiger partial charge in [-0.25, -0.2) is 0 Å². The lowest BCUT2D eigenvalue weighted by Gasteiger charge is -2.31. The molecule has 3 aromatic rings. The van der Waals surface area contributed by atoms with E-state index in [9.17, 15) is 4.79 Å². The van der Waals surface area contributed by atoms with E-state index in [0.29, 0.717) is 5.75 Å². The number of morpholine rings is 1. The summed E-state index contributed by atoms with van der Waals surface area (Å²) >= 11 is 3.61. The molecule has 1 heterocycles. The van der Waals surface area contributed by atoms with Crippen LogP contribution in [0.1, 0.15) is 11.6 Å². The molecular weight excluding hydrogens is 444 g/mol. The second-order valence-electron chi connectivity index (χ2n) is 7.33. The molecule has 0 bridgehead atoms. The molecule has 0 aliphatic carbocycles. The number of nitrogens with zero attached hydrogens (tertiary/aromatic N) is 1. The van der Waals surface area contributed by atoms with Crippen molar-refractivity contribution in [3.8, 4) is 5.75 Å². The van der Waals surface area contributed by atoms with Crippen LogP contribution in [-0.2, 0) is 9.53 Å². The average Bonchev–Trinajstić information content (AvgIpc) is 2.80. The highest BCUT2D eigenvalue weighted by Crippen LogP contribution is 2.33. The third-order valence-electron chi connectivity index (χ3n) is 5.27. The van der Waals surface area contributed by atoms with Gasteiger partial charge >= 0.3 is 0 Å². The van der Waals surface area contributed by atoms with Gasteiger partial charge < -0.3 is 14.8 Å². The van der Waals surface area contributed by atoms with Gasteiger partial charge in [0.2, 0.25) is 0 Å². The quantitative estimate of drug-likeness (QED) is 0.565. The van der Waals surface area contributed by atoms with Crippen LogP contribution in [0, 0.1) is 0 Å². The number of carbonyl (C=O) groups excluding carboxylic acids is 1. The minimum absolute atomic E-state index is 0.0383. The summed E-state index contributed by atoms with van der Waals surface area (Å²) in [7, 11) is 0. The molecular formula is C24H25BrN2O3. The monoisotopic (exact) mass is 468 g/mol. The zero-order valence-electron chi connectivity index (χ0n) is 16.7. The molecule has 1 saturated heterocycles. The van der Waals surface area contributed by atoms with Crippen LogP contribution < -0.4 is 10.1 Å². The zero-order valence-corrected chi connectivity index (χ0v) is 18.3. The van der Waals surface area contributed by atoms with Gasteiger partial charge in [-0.1, -0.05) is 60.7 Å². The summed E-state index contributed by atoms with van der Waals surface area (Å²) in [6, 6.07) is 21.9. The molecule has 3 aromatic carbocycles. The van der Waals surface area contributed by atoms with Crippen molar-refractivity contribution < 1.29 is 14.3 Å². The maximum Gasteiger partial charge on any atom is 0.258 e. The molecule has 6 heteroatoms. The maximum absolute atomic E-state index is 12.7.